The van der Waals surface area contributed by atoms with E-state index >= 15 is 0 Å². The Hall–Kier alpha value is -1.52. The van der Waals surface area contributed by atoms with Crippen LogP contribution in [0.15, 0.2) is 0 Å². The van der Waals surface area contributed by atoms with Crippen LogP contribution in [0.1, 0.15) is 84.5 Å². The van der Waals surface area contributed by atoms with Gasteiger partial charge in [-0.05, 0) is 12.8 Å². The second-order valence-corrected chi connectivity index (χ2v) is 9.28. The first kappa shape index (κ1) is 31.5. The Morgan fingerprint density at radius 3 is 2.03 bits per heavy atom. The fourth-order valence-corrected chi connectivity index (χ4v) is 3.47. The molecule has 0 radical (unpaired) electrons. The molecule has 0 aliphatic rings. The van der Waals surface area contributed by atoms with Crippen molar-refractivity contribution in [3.63, 3.8) is 0 Å². The Kier molecular flexibility index (Phi) is 18.0. The van der Waals surface area contributed by atoms with Gasteiger partial charge in [-0.25, -0.2) is 9.36 Å². The third kappa shape index (κ3) is 18.6. The molecular weight excluding hydrogens is 457 g/mol. The normalized spacial score (nSPS) is 14.8. The van der Waals surface area contributed by atoms with Crippen LogP contribution in [0.5, 0.6) is 0 Å². The third-order valence-electron chi connectivity index (χ3n) is 4.65. The maximum absolute atomic E-state index is 11.9. The number of amides is 1. The number of carboxylic acids is 1. The summed E-state index contributed by atoms with van der Waals surface area (Å²) in [7, 11) is -4.70. The molecule has 0 saturated carbocycles. The minimum Gasteiger partial charge on any atom is -0.480 e. The number of nitrogens with one attached hydrogen (secondary N) is 1. The molecule has 0 spiro atoms. The monoisotopic (exact) mass is 497 g/mol. The number of esters is 1. The number of hydrogen-bond donors (Lipinski definition) is 4. The van der Waals surface area contributed by atoms with Crippen LogP contribution in [0.25, 0.3) is 0 Å². The molecule has 0 aromatic rings. The highest BCUT2D eigenvalue weighted by molar-refractivity contribution is 7.47. The molecule has 1 amide bonds. The second-order valence-electron chi connectivity index (χ2n) is 7.83. The molecule has 3 atom stereocenters. The average Bonchev–Trinajstić information content (AvgIpc) is 2.76. The molecule has 0 aliphatic heterocycles. The fraction of sp³-hybridized carbons (Fsp3) is 0.857. The van der Waals surface area contributed by atoms with Crippen LogP contribution in [0.2, 0.25) is 0 Å². The summed E-state index contributed by atoms with van der Waals surface area (Å²) in [5, 5.41) is 21.1. The molecule has 0 bridgehead atoms. The summed E-state index contributed by atoms with van der Waals surface area (Å²) in [5.41, 5.74) is 0. The van der Waals surface area contributed by atoms with Gasteiger partial charge >= 0.3 is 19.8 Å². The molecule has 33 heavy (non-hydrogen) atoms. The number of hydrogen-bond acceptors (Lipinski definition) is 8. The minimum absolute atomic E-state index is 0.122. The molecule has 0 heterocycles. The van der Waals surface area contributed by atoms with E-state index in [0.717, 1.165) is 25.7 Å². The van der Waals surface area contributed by atoms with Crippen LogP contribution in [-0.4, -0.2) is 64.9 Å². The predicted molar refractivity (Wildman–Crippen MR) is 120 cm³/mol. The van der Waals surface area contributed by atoms with E-state index in [2.05, 4.69) is 21.3 Å². The van der Waals surface area contributed by atoms with Gasteiger partial charge in [0.25, 0.3) is 0 Å². The molecule has 0 aromatic heterocycles. The number of aliphatic hydroxyl groups excluding tert-OH is 1. The summed E-state index contributed by atoms with van der Waals surface area (Å²) < 4.78 is 26.0. The summed E-state index contributed by atoms with van der Waals surface area (Å²) in [5.74, 6) is -2.43. The van der Waals surface area contributed by atoms with E-state index < -0.39 is 57.6 Å². The van der Waals surface area contributed by atoms with Crippen molar-refractivity contribution >= 4 is 25.7 Å². The molecule has 194 valence electrons. The molecule has 0 aromatic carbocycles. The number of phosphoric acid groups is 1. The minimum atomic E-state index is -4.70. The number of carbonyl (C=O) groups excluding carboxylic acids is 2. The zero-order valence-corrected chi connectivity index (χ0v) is 20.6. The number of rotatable bonds is 21. The molecule has 0 rings (SSSR count). The first-order valence-corrected chi connectivity index (χ1v) is 13.1. The summed E-state index contributed by atoms with van der Waals surface area (Å²) in [6.07, 6.45) is 7.69. The zero-order chi connectivity index (χ0) is 25.1. The van der Waals surface area contributed by atoms with E-state index in [0.29, 0.717) is 12.8 Å². The van der Waals surface area contributed by atoms with Gasteiger partial charge in [-0.2, -0.15) is 0 Å². The quantitative estimate of drug-likeness (QED) is 0.105. The van der Waals surface area contributed by atoms with Gasteiger partial charge in [0.1, 0.15) is 12.7 Å². The number of carbonyl (C=O) groups is 3. The van der Waals surface area contributed by atoms with Crippen molar-refractivity contribution in [2.75, 3.05) is 19.8 Å². The highest BCUT2D eigenvalue weighted by Crippen LogP contribution is 2.43. The SMILES string of the molecule is CCCCCCCCCC(=O)OCC(O)COP(=O)(O)OCC(NC(=O)CCCC)C(=O)O. The summed E-state index contributed by atoms with van der Waals surface area (Å²) >= 11 is 0. The molecule has 0 saturated heterocycles. The molecular formula is C21H40NO10P. The topological polar surface area (TPSA) is 169 Å². The average molecular weight is 498 g/mol. The number of unbranched alkanes of at least 4 members (excludes halogenated alkanes) is 7. The first-order valence-electron chi connectivity index (χ1n) is 11.6. The summed E-state index contributed by atoms with van der Waals surface area (Å²) in [6.45, 7) is 2.13. The predicted octanol–water partition coefficient (Wildman–Crippen LogP) is 2.92. The van der Waals surface area contributed by atoms with Gasteiger partial charge in [-0.3, -0.25) is 18.6 Å². The van der Waals surface area contributed by atoms with Crippen molar-refractivity contribution < 1.29 is 47.8 Å². The lowest BCUT2D eigenvalue weighted by Gasteiger charge is -2.18. The van der Waals surface area contributed by atoms with E-state index in [9.17, 15) is 28.9 Å². The standard InChI is InChI=1S/C21H40NO10P/c1-3-5-7-8-9-10-11-13-20(25)30-14-17(23)15-31-33(28,29)32-16-18(21(26)27)22-19(24)12-6-4-2/h17-18,23H,3-16H2,1-2H3,(H,22,24)(H,26,27)(H,28,29). The largest absolute Gasteiger partial charge is 0.480 e. The first-order chi connectivity index (χ1) is 15.6. The van der Waals surface area contributed by atoms with Crippen molar-refractivity contribution in [3.8, 4) is 0 Å². The van der Waals surface area contributed by atoms with Gasteiger partial charge in [0.05, 0.1) is 13.2 Å². The van der Waals surface area contributed by atoms with E-state index in [-0.39, 0.29) is 12.8 Å². The zero-order valence-electron chi connectivity index (χ0n) is 19.7. The molecule has 0 aliphatic carbocycles. The Morgan fingerprint density at radius 2 is 1.42 bits per heavy atom. The number of carboxylic acid groups (broad SMARTS) is 1. The smallest absolute Gasteiger partial charge is 0.472 e. The van der Waals surface area contributed by atoms with E-state index in [4.69, 9.17) is 9.84 Å². The van der Waals surface area contributed by atoms with Gasteiger partial charge in [0.15, 0.2) is 6.04 Å². The molecule has 4 N–H and O–H groups in total. The Balaban J connectivity index is 4.12. The number of ether oxygens (including phenoxy) is 1. The van der Waals surface area contributed by atoms with Crippen molar-refractivity contribution in [2.45, 2.75) is 96.6 Å². The second kappa shape index (κ2) is 18.9. The molecule has 0 fully saturated rings. The summed E-state index contributed by atoms with van der Waals surface area (Å²) in [6, 6.07) is -1.53. The number of aliphatic hydroxyl groups is 1. The molecule has 12 heteroatoms. The van der Waals surface area contributed by atoms with Crippen LogP contribution in [0.3, 0.4) is 0 Å². The Labute approximate surface area is 195 Å². The van der Waals surface area contributed by atoms with Crippen LogP contribution in [0.4, 0.5) is 0 Å². The van der Waals surface area contributed by atoms with Gasteiger partial charge in [0.2, 0.25) is 5.91 Å². The maximum Gasteiger partial charge on any atom is 0.472 e. The van der Waals surface area contributed by atoms with E-state index in [1.54, 1.807) is 0 Å². The maximum atomic E-state index is 11.9. The summed E-state index contributed by atoms with van der Waals surface area (Å²) in [4.78, 5) is 44.2. The molecule has 11 nitrogen and oxygen atoms in total. The van der Waals surface area contributed by atoms with Gasteiger partial charge in [-0.15, -0.1) is 0 Å². The van der Waals surface area contributed by atoms with Crippen molar-refractivity contribution in [1.29, 1.82) is 0 Å². The van der Waals surface area contributed by atoms with Crippen molar-refractivity contribution in [1.82, 2.24) is 5.32 Å². The Morgan fingerprint density at radius 1 is 0.848 bits per heavy atom. The van der Waals surface area contributed by atoms with Gasteiger partial charge < -0.3 is 25.2 Å². The van der Waals surface area contributed by atoms with Crippen LogP contribution >= 0.6 is 7.82 Å². The van der Waals surface area contributed by atoms with Crippen LogP contribution < -0.4 is 5.32 Å². The fourth-order valence-electron chi connectivity index (χ4n) is 2.70. The lowest BCUT2D eigenvalue weighted by atomic mass is 10.1. The van der Waals surface area contributed by atoms with Crippen LogP contribution in [-0.2, 0) is 32.7 Å². The van der Waals surface area contributed by atoms with E-state index in [1.807, 2.05) is 6.92 Å². The lowest BCUT2D eigenvalue weighted by Crippen LogP contribution is -2.43. The Bertz CT molecular complexity index is 616. The van der Waals surface area contributed by atoms with Gasteiger partial charge in [0, 0.05) is 12.8 Å². The highest BCUT2D eigenvalue weighted by Gasteiger charge is 2.28. The third-order valence-corrected chi connectivity index (χ3v) is 5.60. The number of aliphatic carboxylic acids is 1. The highest BCUT2D eigenvalue weighted by atomic mass is 31.2. The molecule has 3 unspecified atom stereocenters. The number of phosphoric ester groups is 1. The lowest BCUT2D eigenvalue weighted by molar-refractivity contribution is -0.147. The van der Waals surface area contributed by atoms with Crippen molar-refractivity contribution in [2.24, 2.45) is 0 Å². The van der Waals surface area contributed by atoms with Gasteiger partial charge in [-0.1, -0.05) is 58.8 Å². The van der Waals surface area contributed by atoms with Crippen molar-refractivity contribution in [3.05, 3.63) is 0 Å². The van der Waals surface area contributed by atoms with E-state index in [1.165, 1.54) is 19.3 Å². The van der Waals surface area contributed by atoms with Crippen LogP contribution in [0, 0.1) is 0 Å².